The highest BCUT2D eigenvalue weighted by Crippen LogP contribution is 2.19. The van der Waals surface area contributed by atoms with Gasteiger partial charge in [0, 0.05) is 12.8 Å². The predicted octanol–water partition coefficient (Wildman–Crippen LogP) is 5.60. The Balaban J connectivity index is 3.95. The van der Waals surface area contributed by atoms with Gasteiger partial charge < -0.3 is 15.3 Å². The molecule has 0 saturated heterocycles. The summed E-state index contributed by atoms with van der Waals surface area (Å²) in [5.74, 6) is -1.23. The third-order valence-corrected chi connectivity index (χ3v) is 5.86. The summed E-state index contributed by atoms with van der Waals surface area (Å²) in [6.07, 6.45) is 21.3. The summed E-state index contributed by atoms with van der Waals surface area (Å²) in [6.45, 7) is 3.28. The molecule has 0 spiro atoms. The zero-order valence-electron chi connectivity index (χ0n) is 20.6. The van der Waals surface area contributed by atoms with Gasteiger partial charge in [-0.3, -0.25) is 9.59 Å². The molecule has 0 heterocycles. The monoisotopic (exact) mass is 452 g/mol. The maximum Gasteiger partial charge on any atom is 0.178 e. The van der Waals surface area contributed by atoms with Crippen molar-refractivity contribution in [3.63, 3.8) is 0 Å². The highest BCUT2D eigenvalue weighted by atomic mass is 16.4. The Bertz CT molecular complexity index is 540. The number of hydrogen-bond acceptors (Lipinski definition) is 5. The van der Waals surface area contributed by atoms with Crippen LogP contribution < -0.4 is 0 Å². The summed E-state index contributed by atoms with van der Waals surface area (Å²) in [5, 5.41) is 30.0. The Morgan fingerprint density at radius 2 is 1.25 bits per heavy atom. The molecule has 0 aromatic rings. The van der Waals surface area contributed by atoms with E-state index >= 15 is 0 Å². The van der Waals surface area contributed by atoms with Gasteiger partial charge in [0.2, 0.25) is 0 Å². The fourth-order valence-electron chi connectivity index (χ4n) is 3.59. The van der Waals surface area contributed by atoms with E-state index < -0.39 is 29.9 Å². The van der Waals surface area contributed by atoms with Crippen molar-refractivity contribution in [2.24, 2.45) is 0 Å². The summed E-state index contributed by atoms with van der Waals surface area (Å²) in [4.78, 5) is 24.4. The molecule has 0 aliphatic carbocycles. The second-order valence-electron chi connectivity index (χ2n) is 8.81. The number of hydrogen-bond donors (Lipinski definition) is 3. The first kappa shape index (κ1) is 30.7. The van der Waals surface area contributed by atoms with Crippen LogP contribution in [0.2, 0.25) is 0 Å². The van der Waals surface area contributed by atoms with Crippen molar-refractivity contribution in [3.05, 3.63) is 24.3 Å². The first-order chi connectivity index (χ1) is 15.4. The molecule has 2 unspecified atom stereocenters. The number of ketones is 2. The van der Waals surface area contributed by atoms with Crippen LogP contribution in [0.25, 0.3) is 0 Å². The topological polar surface area (TPSA) is 94.8 Å². The molecule has 0 radical (unpaired) electrons. The summed E-state index contributed by atoms with van der Waals surface area (Å²) >= 11 is 0. The van der Waals surface area contributed by atoms with Crippen molar-refractivity contribution < 1.29 is 24.9 Å². The fraction of sp³-hybridized carbons (Fsp3) is 0.778. The zero-order chi connectivity index (χ0) is 24.1. The average molecular weight is 453 g/mol. The highest BCUT2D eigenvalue weighted by Gasteiger charge is 2.45. The number of aliphatic hydroxyl groups is 3. The van der Waals surface area contributed by atoms with Gasteiger partial charge in [-0.15, -0.1) is 0 Å². The molecule has 5 nitrogen and oxygen atoms in total. The minimum Gasteiger partial charge on any atom is -0.393 e. The van der Waals surface area contributed by atoms with Crippen LogP contribution in [0, 0.1) is 0 Å². The molecule has 32 heavy (non-hydrogen) atoms. The lowest BCUT2D eigenvalue weighted by atomic mass is 9.86. The van der Waals surface area contributed by atoms with E-state index in [1.165, 1.54) is 25.7 Å². The van der Waals surface area contributed by atoms with E-state index in [1.54, 1.807) is 0 Å². The van der Waals surface area contributed by atoms with Crippen molar-refractivity contribution in [1.82, 2.24) is 0 Å². The minimum atomic E-state index is -2.38. The summed E-state index contributed by atoms with van der Waals surface area (Å²) in [6, 6.07) is 0. The van der Waals surface area contributed by atoms with Crippen LogP contribution >= 0.6 is 0 Å². The van der Waals surface area contributed by atoms with Crippen molar-refractivity contribution in [2.45, 2.75) is 128 Å². The molecule has 0 bridgehead atoms. The largest absolute Gasteiger partial charge is 0.393 e. The van der Waals surface area contributed by atoms with Crippen LogP contribution in [0.3, 0.4) is 0 Å². The Morgan fingerprint density at radius 3 is 1.84 bits per heavy atom. The van der Waals surface area contributed by atoms with Crippen molar-refractivity contribution >= 4 is 11.6 Å². The Labute approximate surface area is 196 Å². The Hall–Kier alpha value is -1.30. The van der Waals surface area contributed by atoms with Gasteiger partial charge >= 0.3 is 0 Å². The van der Waals surface area contributed by atoms with E-state index in [-0.39, 0.29) is 12.8 Å². The van der Waals surface area contributed by atoms with Crippen LogP contribution in [0.5, 0.6) is 0 Å². The second kappa shape index (κ2) is 20.3. The van der Waals surface area contributed by atoms with E-state index in [0.29, 0.717) is 12.8 Å². The fourth-order valence-corrected chi connectivity index (χ4v) is 3.59. The first-order valence-corrected chi connectivity index (χ1v) is 12.8. The van der Waals surface area contributed by atoms with Gasteiger partial charge in [0.25, 0.3) is 0 Å². The average Bonchev–Trinajstić information content (AvgIpc) is 2.80. The third-order valence-electron chi connectivity index (χ3n) is 5.86. The molecule has 3 N–H and O–H groups in total. The maximum absolute atomic E-state index is 12.4. The maximum atomic E-state index is 12.4. The van der Waals surface area contributed by atoms with E-state index in [9.17, 15) is 24.9 Å². The molecule has 0 aromatic carbocycles. The number of Topliss-reactive ketones (excluding diaryl/α,β-unsaturated/α-hetero) is 2. The van der Waals surface area contributed by atoms with E-state index in [0.717, 1.165) is 51.4 Å². The predicted molar refractivity (Wildman–Crippen MR) is 132 cm³/mol. The van der Waals surface area contributed by atoms with Gasteiger partial charge in [0.15, 0.2) is 23.3 Å². The molecule has 2 atom stereocenters. The van der Waals surface area contributed by atoms with Crippen LogP contribution in [0.4, 0.5) is 0 Å². The smallest absolute Gasteiger partial charge is 0.178 e. The SMILES string of the molecule is CCCCC/C=C\C/C=C\CCCCCCCC(=O)C(O)(CO)C(O)C(=O)CCCCC. The lowest BCUT2D eigenvalue weighted by molar-refractivity contribution is -0.165. The van der Waals surface area contributed by atoms with Gasteiger partial charge in [0.1, 0.15) is 0 Å². The minimum absolute atomic E-state index is 0.0564. The second-order valence-corrected chi connectivity index (χ2v) is 8.81. The quantitative estimate of drug-likeness (QED) is 0.147. The molecular weight excluding hydrogens is 404 g/mol. The van der Waals surface area contributed by atoms with E-state index in [1.807, 2.05) is 6.92 Å². The molecular formula is C27H48O5. The summed E-state index contributed by atoms with van der Waals surface area (Å²) in [5.41, 5.74) is -2.38. The van der Waals surface area contributed by atoms with Crippen LogP contribution in [0.15, 0.2) is 24.3 Å². The highest BCUT2D eigenvalue weighted by molar-refractivity contribution is 5.96. The van der Waals surface area contributed by atoms with Crippen LogP contribution in [-0.2, 0) is 9.59 Å². The number of unbranched alkanes of at least 4 members (excludes halogenated alkanes) is 10. The Morgan fingerprint density at radius 1 is 0.750 bits per heavy atom. The van der Waals surface area contributed by atoms with Crippen molar-refractivity contribution in [1.29, 1.82) is 0 Å². The summed E-state index contributed by atoms with van der Waals surface area (Å²) < 4.78 is 0. The molecule has 0 fully saturated rings. The van der Waals surface area contributed by atoms with Gasteiger partial charge in [0.05, 0.1) is 6.61 Å². The number of aliphatic hydroxyl groups excluding tert-OH is 2. The standard InChI is InChI=1S/C27H48O5/c1-3-5-7-8-9-10-11-12-13-14-15-16-17-18-20-22-25(30)27(32,23-28)26(31)24(29)21-19-6-4-2/h9-10,12-13,26,28,31-32H,3-8,11,14-23H2,1-2H3/b10-9-,13-12-. The van der Waals surface area contributed by atoms with Gasteiger partial charge in [-0.25, -0.2) is 0 Å². The number of rotatable bonds is 22. The normalized spacial score (nSPS) is 14.8. The molecule has 5 heteroatoms. The van der Waals surface area contributed by atoms with E-state index in [4.69, 9.17) is 0 Å². The molecule has 0 saturated carbocycles. The van der Waals surface area contributed by atoms with Gasteiger partial charge in [-0.05, 0) is 44.9 Å². The summed E-state index contributed by atoms with van der Waals surface area (Å²) in [7, 11) is 0. The van der Waals surface area contributed by atoms with Crippen molar-refractivity contribution in [3.8, 4) is 0 Å². The lowest BCUT2D eigenvalue weighted by Crippen LogP contribution is -2.55. The Kier molecular flexibility index (Phi) is 19.5. The zero-order valence-corrected chi connectivity index (χ0v) is 20.6. The molecule has 186 valence electrons. The molecule has 0 amide bonds. The number of allylic oxidation sites excluding steroid dienone is 4. The lowest BCUT2D eigenvalue weighted by Gasteiger charge is -2.28. The molecule has 0 aromatic heterocycles. The number of carbonyl (C=O) groups excluding carboxylic acids is 2. The molecule has 0 aliphatic rings. The van der Waals surface area contributed by atoms with Crippen LogP contribution in [-0.4, -0.2) is 45.2 Å². The molecule has 0 aliphatic heterocycles. The van der Waals surface area contributed by atoms with Crippen LogP contribution in [0.1, 0.15) is 117 Å². The van der Waals surface area contributed by atoms with Gasteiger partial charge in [-0.1, -0.05) is 83.1 Å². The first-order valence-electron chi connectivity index (χ1n) is 12.8. The molecule has 0 rings (SSSR count). The number of carbonyl (C=O) groups is 2. The van der Waals surface area contributed by atoms with Crippen molar-refractivity contribution in [2.75, 3.05) is 6.61 Å². The van der Waals surface area contributed by atoms with E-state index in [2.05, 4.69) is 31.2 Å². The van der Waals surface area contributed by atoms with Gasteiger partial charge in [-0.2, -0.15) is 0 Å². The third kappa shape index (κ3) is 14.0.